The fourth-order valence-corrected chi connectivity index (χ4v) is 2.52. The van der Waals surface area contributed by atoms with Gasteiger partial charge in [0.15, 0.2) is 0 Å². The van der Waals surface area contributed by atoms with Crippen LogP contribution in [0.2, 0.25) is 0 Å². The number of hydrogen-bond donors (Lipinski definition) is 2. The Morgan fingerprint density at radius 2 is 2.44 bits per heavy atom. The van der Waals surface area contributed by atoms with E-state index in [9.17, 15) is 0 Å². The van der Waals surface area contributed by atoms with Crippen LogP contribution >= 0.6 is 12.2 Å². The molecule has 0 spiro atoms. The summed E-state index contributed by atoms with van der Waals surface area (Å²) in [5, 5.41) is 3.42. The van der Waals surface area contributed by atoms with Gasteiger partial charge >= 0.3 is 0 Å². The number of rotatable bonds is 4. The summed E-state index contributed by atoms with van der Waals surface area (Å²) in [6.45, 7) is 5.79. The second-order valence-corrected chi connectivity index (χ2v) is 5.21. The van der Waals surface area contributed by atoms with Crippen molar-refractivity contribution in [2.75, 3.05) is 18.5 Å². The molecule has 1 saturated heterocycles. The van der Waals surface area contributed by atoms with E-state index in [1.165, 1.54) is 0 Å². The maximum Gasteiger partial charge on any atom is 0.136 e. The molecule has 3 N–H and O–H groups in total. The van der Waals surface area contributed by atoms with Gasteiger partial charge in [-0.05, 0) is 31.9 Å². The molecule has 4 nitrogen and oxygen atoms in total. The molecular weight excluding hydrogens is 246 g/mol. The summed E-state index contributed by atoms with van der Waals surface area (Å²) in [5.41, 5.74) is 7.67. The third-order valence-electron chi connectivity index (χ3n) is 3.44. The molecule has 0 radical (unpaired) electrons. The van der Waals surface area contributed by atoms with Gasteiger partial charge in [-0.25, -0.2) is 4.98 Å². The van der Waals surface area contributed by atoms with E-state index in [0.717, 1.165) is 36.6 Å². The highest BCUT2D eigenvalue weighted by Gasteiger charge is 2.23. The highest BCUT2D eigenvalue weighted by atomic mass is 32.1. The van der Waals surface area contributed by atoms with Crippen LogP contribution in [0.3, 0.4) is 0 Å². The fraction of sp³-hybridized carbons (Fsp3) is 0.538. The van der Waals surface area contributed by atoms with Crippen molar-refractivity contribution in [3.8, 4) is 0 Å². The maximum atomic E-state index is 5.77. The number of aryl methyl sites for hydroxylation is 1. The van der Waals surface area contributed by atoms with Crippen LogP contribution in [-0.2, 0) is 4.74 Å². The van der Waals surface area contributed by atoms with Crippen LogP contribution in [0.25, 0.3) is 0 Å². The Morgan fingerprint density at radius 3 is 3.06 bits per heavy atom. The van der Waals surface area contributed by atoms with E-state index in [0.29, 0.717) is 16.9 Å². The molecule has 2 rings (SSSR count). The number of ether oxygens (including phenoxy) is 1. The zero-order chi connectivity index (χ0) is 13.1. The molecule has 0 aromatic carbocycles. The van der Waals surface area contributed by atoms with Crippen molar-refractivity contribution in [3.63, 3.8) is 0 Å². The minimum Gasteiger partial charge on any atom is -0.389 e. The Hall–Kier alpha value is -1.20. The monoisotopic (exact) mass is 265 g/mol. The molecule has 1 aromatic rings. The Balaban J connectivity index is 2.17. The van der Waals surface area contributed by atoms with E-state index >= 15 is 0 Å². The summed E-state index contributed by atoms with van der Waals surface area (Å²) in [4.78, 5) is 4.74. The van der Waals surface area contributed by atoms with Crippen LogP contribution in [0.5, 0.6) is 0 Å². The van der Waals surface area contributed by atoms with Crippen molar-refractivity contribution in [1.82, 2.24) is 4.98 Å². The van der Waals surface area contributed by atoms with Gasteiger partial charge in [-0.2, -0.15) is 0 Å². The van der Waals surface area contributed by atoms with Crippen molar-refractivity contribution in [1.29, 1.82) is 0 Å². The molecule has 2 unspecified atom stereocenters. The Labute approximate surface area is 113 Å². The highest BCUT2D eigenvalue weighted by molar-refractivity contribution is 7.80. The van der Waals surface area contributed by atoms with E-state index in [1.54, 1.807) is 6.20 Å². The summed E-state index contributed by atoms with van der Waals surface area (Å²) < 4.78 is 5.41. The minimum absolute atomic E-state index is 0.301. The van der Waals surface area contributed by atoms with Crippen LogP contribution in [0.4, 0.5) is 5.82 Å². The lowest BCUT2D eigenvalue weighted by atomic mass is 10.0. The number of nitrogens with one attached hydrogen (secondary N) is 1. The molecule has 1 aromatic heterocycles. The molecule has 1 aliphatic heterocycles. The van der Waals surface area contributed by atoms with Crippen LogP contribution in [0.1, 0.15) is 24.5 Å². The second-order valence-electron chi connectivity index (χ2n) is 4.77. The van der Waals surface area contributed by atoms with Crippen LogP contribution < -0.4 is 11.1 Å². The van der Waals surface area contributed by atoms with E-state index < -0.39 is 0 Å². The molecule has 18 heavy (non-hydrogen) atoms. The third kappa shape index (κ3) is 2.79. The molecule has 1 fully saturated rings. The van der Waals surface area contributed by atoms with Gasteiger partial charge in [0.1, 0.15) is 10.8 Å². The summed E-state index contributed by atoms with van der Waals surface area (Å²) >= 11 is 5.10. The van der Waals surface area contributed by atoms with Gasteiger partial charge in [-0.15, -0.1) is 0 Å². The normalized spacial score (nSPS) is 20.7. The number of thiocarbonyl (C=S) groups is 1. The Kier molecular flexibility index (Phi) is 4.14. The molecule has 0 aliphatic carbocycles. The molecule has 2 heterocycles. The SMILES string of the molecule is Cc1ccnc(NC(C)C2CCOC2)c1C(N)=S. The predicted molar refractivity (Wildman–Crippen MR) is 76.9 cm³/mol. The van der Waals surface area contributed by atoms with Gasteiger partial charge in [0.25, 0.3) is 0 Å². The van der Waals surface area contributed by atoms with E-state index in [1.807, 2.05) is 13.0 Å². The van der Waals surface area contributed by atoms with E-state index in [2.05, 4.69) is 17.2 Å². The first-order valence-electron chi connectivity index (χ1n) is 6.19. The smallest absolute Gasteiger partial charge is 0.136 e. The summed E-state index contributed by atoms with van der Waals surface area (Å²) in [5.74, 6) is 1.30. The number of aromatic nitrogens is 1. The number of nitrogens with zero attached hydrogens (tertiary/aromatic N) is 1. The molecule has 2 atom stereocenters. The molecule has 1 aliphatic rings. The van der Waals surface area contributed by atoms with Gasteiger partial charge in [-0.3, -0.25) is 0 Å². The van der Waals surface area contributed by atoms with E-state index in [-0.39, 0.29) is 0 Å². The molecule has 5 heteroatoms. The fourth-order valence-electron chi connectivity index (χ4n) is 2.26. The lowest BCUT2D eigenvalue weighted by Gasteiger charge is -2.21. The molecular formula is C13H19N3OS. The quantitative estimate of drug-likeness (QED) is 0.814. The minimum atomic E-state index is 0.301. The molecule has 0 bridgehead atoms. The van der Waals surface area contributed by atoms with Crippen molar-refractivity contribution in [2.24, 2.45) is 11.7 Å². The van der Waals surface area contributed by atoms with Crippen LogP contribution in [0, 0.1) is 12.8 Å². The largest absolute Gasteiger partial charge is 0.389 e. The second kappa shape index (κ2) is 5.63. The molecule has 0 amide bonds. The first kappa shape index (κ1) is 13.2. The average Bonchev–Trinajstić information content (AvgIpc) is 2.81. The number of anilines is 1. The number of pyridine rings is 1. The summed E-state index contributed by atoms with van der Waals surface area (Å²) in [6, 6.07) is 2.22. The van der Waals surface area contributed by atoms with Gasteiger partial charge in [0.2, 0.25) is 0 Å². The van der Waals surface area contributed by atoms with E-state index in [4.69, 9.17) is 22.7 Å². The van der Waals surface area contributed by atoms with Gasteiger partial charge < -0.3 is 15.8 Å². The lowest BCUT2D eigenvalue weighted by Crippen LogP contribution is -2.28. The highest BCUT2D eigenvalue weighted by Crippen LogP contribution is 2.22. The first-order valence-corrected chi connectivity index (χ1v) is 6.60. The van der Waals surface area contributed by atoms with Crippen LogP contribution in [-0.4, -0.2) is 29.2 Å². The number of nitrogens with two attached hydrogens (primary N) is 1. The Bertz CT molecular complexity index is 444. The van der Waals surface area contributed by atoms with Gasteiger partial charge in [-0.1, -0.05) is 12.2 Å². The maximum absolute atomic E-state index is 5.77. The summed E-state index contributed by atoms with van der Waals surface area (Å²) in [7, 11) is 0. The standard InChI is InChI=1S/C13H19N3OS/c1-8-3-5-15-13(11(8)12(14)18)16-9(2)10-4-6-17-7-10/h3,5,9-10H,4,6-7H2,1-2H3,(H2,14,18)(H,15,16). The average molecular weight is 265 g/mol. The third-order valence-corrected chi connectivity index (χ3v) is 3.65. The van der Waals surface area contributed by atoms with Gasteiger partial charge in [0, 0.05) is 24.8 Å². The lowest BCUT2D eigenvalue weighted by molar-refractivity contribution is 0.183. The zero-order valence-corrected chi connectivity index (χ0v) is 11.6. The van der Waals surface area contributed by atoms with Gasteiger partial charge in [0.05, 0.1) is 12.2 Å². The van der Waals surface area contributed by atoms with Crippen molar-refractivity contribution >= 4 is 23.0 Å². The predicted octanol–water partition coefficient (Wildman–Crippen LogP) is 1.86. The summed E-state index contributed by atoms with van der Waals surface area (Å²) in [6.07, 6.45) is 2.86. The number of hydrogen-bond acceptors (Lipinski definition) is 4. The molecule has 98 valence electrons. The van der Waals surface area contributed by atoms with Crippen molar-refractivity contribution in [2.45, 2.75) is 26.3 Å². The topological polar surface area (TPSA) is 60.2 Å². The van der Waals surface area contributed by atoms with Crippen molar-refractivity contribution < 1.29 is 4.74 Å². The van der Waals surface area contributed by atoms with Crippen LogP contribution in [0.15, 0.2) is 12.3 Å². The molecule has 0 saturated carbocycles. The van der Waals surface area contributed by atoms with Crippen molar-refractivity contribution in [3.05, 3.63) is 23.4 Å². The zero-order valence-electron chi connectivity index (χ0n) is 10.8. The Morgan fingerprint density at radius 1 is 1.67 bits per heavy atom. The first-order chi connectivity index (χ1) is 8.59.